The summed E-state index contributed by atoms with van der Waals surface area (Å²) in [5.74, 6) is 0.381. The number of hydrogen-bond acceptors (Lipinski definition) is 6. The molecule has 178 valence electrons. The molecule has 6 nitrogen and oxygen atoms in total. The van der Waals surface area contributed by atoms with Gasteiger partial charge in [-0.3, -0.25) is 0 Å². The van der Waals surface area contributed by atoms with Gasteiger partial charge >= 0.3 is 0 Å². The van der Waals surface area contributed by atoms with Crippen LogP contribution in [0.4, 0.5) is 22.7 Å². The van der Waals surface area contributed by atoms with Crippen molar-refractivity contribution in [2.45, 2.75) is 54.6 Å². The molecule has 2 aromatic carbocycles. The fourth-order valence-electron chi connectivity index (χ4n) is 4.73. The Morgan fingerprint density at radius 1 is 1.00 bits per heavy atom. The minimum Gasteiger partial charge on any atom is -0.378 e. The van der Waals surface area contributed by atoms with Gasteiger partial charge in [-0.15, -0.1) is 0 Å². The number of anilines is 4. The molecule has 5 rings (SSSR count). The Labute approximate surface area is 202 Å². The van der Waals surface area contributed by atoms with Gasteiger partial charge in [-0.05, 0) is 61.1 Å². The molecule has 1 saturated carbocycles. The SMILES string of the molecule is Cc1cc(N(C)C)cc2c1Nc1c(cc(N3CCN(S(=O)(=O)C4CC4)CC3)cc1C(C)C)S2. The maximum atomic E-state index is 12.6. The number of aryl methyl sites for hydroxylation is 1. The first-order chi connectivity index (χ1) is 15.6. The minimum absolute atomic E-state index is 0.126. The summed E-state index contributed by atoms with van der Waals surface area (Å²) in [5.41, 5.74) is 7.37. The van der Waals surface area contributed by atoms with Crippen molar-refractivity contribution in [1.29, 1.82) is 0 Å². The average molecular weight is 487 g/mol. The maximum absolute atomic E-state index is 12.6. The van der Waals surface area contributed by atoms with E-state index in [-0.39, 0.29) is 5.25 Å². The first kappa shape index (κ1) is 22.9. The summed E-state index contributed by atoms with van der Waals surface area (Å²) in [4.78, 5) is 6.99. The second-order valence-electron chi connectivity index (χ2n) is 9.95. The summed E-state index contributed by atoms with van der Waals surface area (Å²) in [6.45, 7) is 9.27. The molecular weight excluding hydrogens is 452 g/mol. The first-order valence-electron chi connectivity index (χ1n) is 11.8. The summed E-state index contributed by atoms with van der Waals surface area (Å²) in [5, 5.41) is 3.63. The zero-order valence-electron chi connectivity index (χ0n) is 20.2. The van der Waals surface area contributed by atoms with Gasteiger partial charge in [-0.25, -0.2) is 8.42 Å². The van der Waals surface area contributed by atoms with Crippen molar-refractivity contribution in [1.82, 2.24) is 4.31 Å². The highest BCUT2D eigenvalue weighted by atomic mass is 32.2. The van der Waals surface area contributed by atoms with Crippen LogP contribution in [-0.4, -0.2) is 58.2 Å². The van der Waals surface area contributed by atoms with Gasteiger partial charge in [0.25, 0.3) is 0 Å². The number of hydrogen-bond donors (Lipinski definition) is 1. The molecule has 0 atom stereocenters. The van der Waals surface area contributed by atoms with Crippen molar-refractivity contribution in [3.05, 3.63) is 35.4 Å². The Balaban J connectivity index is 1.44. The van der Waals surface area contributed by atoms with Gasteiger partial charge in [0.15, 0.2) is 0 Å². The third kappa shape index (κ3) is 4.21. The van der Waals surface area contributed by atoms with Crippen molar-refractivity contribution in [2.24, 2.45) is 0 Å². The molecule has 1 aliphatic carbocycles. The predicted molar refractivity (Wildman–Crippen MR) is 139 cm³/mol. The van der Waals surface area contributed by atoms with Crippen LogP contribution < -0.4 is 15.1 Å². The van der Waals surface area contributed by atoms with E-state index in [9.17, 15) is 8.42 Å². The summed E-state index contributed by atoms with van der Waals surface area (Å²) >= 11 is 1.83. The molecule has 0 amide bonds. The monoisotopic (exact) mass is 486 g/mol. The Hall–Kier alpha value is -1.90. The molecule has 2 fully saturated rings. The lowest BCUT2D eigenvalue weighted by molar-refractivity contribution is 0.384. The Bertz CT molecular complexity index is 1180. The van der Waals surface area contributed by atoms with Gasteiger partial charge in [0.05, 0.1) is 16.6 Å². The van der Waals surface area contributed by atoms with Crippen LogP contribution >= 0.6 is 11.8 Å². The molecule has 3 aliphatic rings. The van der Waals surface area contributed by atoms with E-state index in [0.29, 0.717) is 19.0 Å². The predicted octanol–water partition coefficient (Wildman–Crippen LogP) is 5.01. The Morgan fingerprint density at radius 3 is 2.27 bits per heavy atom. The molecule has 0 aromatic heterocycles. The van der Waals surface area contributed by atoms with Crippen LogP contribution in [0.2, 0.25) is 0 Å². The normalized spacial score (nSPS) is 18.7. The molecule has 0 unspecified atom stereocenters. The van der Waals surface area contributed by atoms with Gasteiger partial charge in [-0.1, -0.05) is 25.6 Å². The maximum Gasteiger partial charge on any atom is 0.217 e. The fraction of sp³-hybridized carbons (Fsp3) is 0.520. The van der Waals surface area contributed by atoms with E-state index in [4.69, 9.17) is 0 Å². The number of nitrogens with zero attached hydrogens (tertiary/aromatic N) is 3. The first-order valence-corrected chi connectivity index (χ1v) is 14.2. The second kappa shape index (κ2) is 8.40. The van der Waals surface area contributed by atoms with Crippen LogP contribution in [0.25, 0.3) is 0 Å². The Kier molecular flexibility index (Phi) is 5.82. The molecule has 0 bridgehead atoms. The second-order valence-corrected chi connectivity index (χ2v) is 13.2. The number of fused-ring (bicyclic) bond motifs is 2. The highest BCUT2D eigenvalue weighted by molar-refractivity contribution is 7.99. The molecule has 0 radical (unpaired) electrons. The van der Waals surface area contributed by atoms with Crippen LogP contribution in [0.15, 0.2) is 34.1 Å². The molecule has 8 heteroatoms. The highest BCUT2D eigenvalue weighted by Gasteiger charge is 2.41. The average Bonchev–Trinajstić information content (AvgIpc) is 3.63. The largest absolute Gasteiger partial charge is 0.378 e. The number of sulfonamides is 1. The quantitative estimate of drug-likeness (QED) is 0.547. The Morgan fingerprint density at radius 2 is 1.67 bits per heavy atom. The van der Waals surface area contributed by atoms with E-state index in [2.05, 4.69) is 74.2 Å². The minimum atomic E-state index is -3.09. The molecule has 2 heterocycles. The fourth-order valence-corrected chi connectivity index (χ4v) is 7.74. The third-order valence-corrected chi connectivity index (χ3v) is 10.4. The lowest BCUT2D eigenvalue weighted by Crippen LogP contribution is -2.49. The molecule has 1 N–H and O–H groups in total. The summed E-state index contributed by atoms with van der Waals surface area (Å²) in [7, 11) is 1.06. The summed E-state index contributed by atoms with van der Waals surface area (Å²) in [6.07, 6.45) is 1.65. The molecule has 2 aromatic rings. The van der Waals surface area contributed by atoms with Crippen LogP contribution in [-0.2, 0) is 10.0 Å². The number of rotatable bonds is 5. The zero-order chi connectivity index (χ0) is 23.5. The number of nitrogens with one attached hydrogen (secondary N) is 1. The zero-order valence-corrected chi connectivity index (χ0v) is 21.8. The standard InChI is InChI=1S/C25H34N4O2S2/c1-16(2)21-13-19(28-8-10-29(11-9-28)33(30,31)20-6-7-20)15-23-25(21)26-24-17(3)12-18(27(4)5)14-22(24)32-23/h12-16,20,26H,6-11H2,1-5H3. The highest BCUT2D eigenvalue weighted by Crippen LogP contribution is 2.50. The van der Waals surface area contributed by atoms with E-state index in [1.165, 1.54) is 43.7 Å². The number of benzene rings is 2. The van der Waals surface area contributed by atoms with Gasteiger partial charge in [0.2, 0.25) is 10.0 Å². The van der Waals surface area contributed by atoms with Gasteiger partial charge in [-0.2, -0.15) is 4.31 Å². The van der Waals surface area contributed by atoms with E-state index >= 15 is 0 Å². The van der Waals surface area contributed by atoms with Gasteiger partial charge < -0.3 is 15.1 Å². The van der Waals surface area contributed by atoms with Gasteiger partial charge in [0.1, 0.15) is 0 Å². The van der Waals surface area contributed by atoms with E-state index in [0.717, 1.165) is 25.9 Å². The van der Waals surface area contributed by atoms with E-state index in [1.807, 2.05) is 11.8 Å². The van der Waals surface area contributed by atoms with Crippen molar-refractivity contribution in [2.75, 3.05) is 55.4 Å². The third-order valence-electron chi connectivity index (χ3n) is 6.92. The van der Waals surface area contributed by atoms with Crippen molar-refractivity contribution >= 4 is 44.5 Å². The van der Waals surface area contributed by atoms with E-state index in [1.54, 1.807) is 4.31 Å². The molecule has 0 spiro atoms. The van der Waals surface area contributed by atoms with Gasteiger partial charge in [0, 0.05) is 61.4 Å². The smallest absolute Gasteiger partial charge is 0.217 e. The van der Waals surface area contributed by atoms with Crippen molar-refractivity contribution in [3.8, 4) is 0 Å². The molecule has 33 heavy (non-hydrogen) atoms. The van der Waals surface area contributed by atoms with E-state index < -0.39 is 10.0 Å². The molecule has 1 saturated heterocycles. The molecule has 2 aliphatic heterocycles. The van der Waals surface area contributed by atoms with Crippen LogP contribution in [0, 0.1) is 6.92 Å². The van der Waals surface area contributed by atoms with Crippen LogP contribution in [0.5, 0.6) is 0 Å². The topological polar surface area (TPSA) is 55.9 Å². The van der Waals surface area contributed by atoms with Crippen LogP contribution in [0.1, 0.15) is 43.7 Å². The van der Waals surface area contributed by atoms with Crippen molar-refractivity contribution < 1.29 is 8.42 Å². The lowest BCUT2D eigenvalue weighted by Gasteiger charge is -2.37. The summed E-state index contributed by atoms with van der Waals surface area (Å²) in [6, 6.07) is 9.07. The van der Waals surface area contributed by atoms with Crippen LogP contribution in [0.3, 0.4) is 0 Å². The van der Waals surface area contributed by atoms with Crippen molar-refractivity contribution in [3.63, 3.8) is 0 Å². The lowest BCUT2D eigenvalue weighted by atomic mass is 9.99. The number of piperazine rings is 1. The molecular formula is C25H34N4O2S2. The summed E-state index contributed by atoms with van der Waals surface area (Å²) < 4.78 is 27.0.